The normalized spacial score (nSPS) is 23.7. The zero-order valence-electron chi connectivity index (χ0n) is 10.3. The standard InChI is InChI=1S/C12H17FN2O3S/c13-10-5-4-9(14)6-12(10)19(17,18)15-7-8-2-1-3-11(8)16/h4-6,8,11,15-16H,1-3,7,14H2. The van der Waals surface area contributed by atoms with Crippen LogP contribution < -0.4 is 10.5 Å². The lowest BCUT2D eigenvalue weighted by Crippen LogP contribution is -2.33. The van der Waals surface area contributed by atoms with Crippen LogP contribution in [-0.4, -0.2) is 26.2 Å². The molecule has 0 aliphatic heterocycles. The van der Waals surface area contributed by atoms with Crippen LogP contribution in [0.2, 0.25) is 0 Å². The van der Waals surface area contributed by atoms with E-state index in [1.807, 2.05) is 0 Å². The van der Waals surface area contributed by atoms with Gasteiger partial charge in [0.25, 0.3) is 0 Å². The van der Waals surface area contributed by atoms with Gasteiger partial charge >= 0.3 is 0 Å². The minimum atomic E-state index is -3.94. The van der Waals surface area contributed by atoms with Gasteiger partial charge in [0, 0.05) is 12.2 Å². The molecule has 0 saturated heterocycles. The van der Waals surface area contributed by atoms with Crippen LogP contribution in [0, 0.1) is 11.7 Å². The maximum atomic E-state index is 13.5. The molecule has 2 atom stereocenters. The lowest BCUT2D eigenvalue weighted by atomic mass is 10.1. The summed E-state index contributed by atoms with van der Waals surface area (Å²) in [6, 6.07) is 3.41. The number of benzene rings is 1. The molecule has 2 unspecified atom stereocenters. The summed E-state index contributed by atoms with van der Waals surface area (Å²) in [5.41, 5.74) is 5.65. The Balaban J connectivity index is 2.12. The molecule has 1 aliphatic carbocycles. The van der Waals surface area contributed by atoms with E-state index in [-0.39, 0.29) is 18.2 Å². The van der Waals surface area contributed by atoms with Gasteiger partial charge in [-0.25, -0.2) is 17.5 Å². The van der Waals surface area contributed by atoms with E-state index in [1.54, 1.807) is 0 Å². The van der Waals surface area contributed by atoms with E-state index in [2.05, 4.69) is 4.72 Å². The molecule has 1 aromatic rings. The van der Waals surface area contributed by atoms with Crippen LogP contribution in [0.3, 0.4) is 0 Å². The molecule has 4 N–H and O–H groups in total. The van der Waals surface area contributed by atoms with Gasteiger partial charge in [0.15, 0.2) is 0 Å². The van der Waals surface area contributed by atoms with Gasteiger partial charge in [-0.1, -0.05) is 6.42 Å². The fraction of sp³-hybridized carbons (Fsp3) is 0.500. The first-order chi connectivity index (χ1) is 8.90. The number of rotatable bonds is 4. The number of hydrogen-bond donors (Lipinski definition) is 3. The summed E-state index contributed by atoms with van der Waals surface area (Å²) in [5.74, 6) is -0.951. The highest BCUT2D eigenvalue weighted by Crippen LogP contribution is 2.25. The Bertz CT molecular complexity index is 562. The molecule has 7 heteroatoms. The first-order valence-corrected chi connectivity index (χ1v) is 7.61. The topological polar surface area (TPSA) is 92.4 Å². The smallest absolute Gasteiger partial charge is 0.243 e. The molecule has 2 rings (SSSR count). The Labute approximate surface area is 111 Å². The maximum absolute atomic E-state index is 13.5. The number of aliphatic hydroxyl groups is 1. The van der Waals surface area contributed by atoms with E-state index in [0.29, 0.717) is 6.42 Å². The SMILES string of the molecule is Nc1ccc(F)c(S(=O)(=O)NCC2CCCC2O)c1. The molecule has 1 saturated carbocycles. The van der Waals surface area contributed by atoms with Crippen LogP contribution in [0.4, 0.5) is 10.1 Å². The number of anilines is 1. The summed E-state index contributed by atoms with van der Waals surface area (Å²) in [6.45, 7) is 0.109. The zero-order valence-corrected chi connectivity index (χ0v) is 11.2. The second-order valence-electron chi connectivity index (χ2n) is 4.80. The van der Waals surface area contributed by atoms with E-state index >= 15 is 0 Å². The van der Waals surface area contributed by atoms with E-state index in [9.17, 15) is 17.9 Å². The summed E-state index contributed by atoms with van der Waals surface area (Å²) in [6.07, 6.45) is 1.83. The molecule has 5 nitrogen and oxygen atoms in total. The summed E-state index contributed by atoms with van der Waals surface area (Å²) in [5, 5.41) is 9.63. The summed E-state index contributed by atoms with van der Waals surface area (Å²) in [7, 11) is -3.94. The summed E-state index contributed by atoms with van der Waals surface area (Å²) in [4.78, 5) is -0.458. The third-order valence-corrected chi connectivity index (χ3v) is 4.84. The minimum absolute atomic E-state index is 0.109. The van der Waals surface area contributed by atoms with E-state index < -0.39 is 26.8 Å². The maximum Gasteiger partial charge on any atom is 0.243 e. The van der Waals surface area contributed by atoms with Crippen molar-refractivity contribution >= 4 is 15.7 Å². The van der Waals surface area contributed by atoms with E-state index in [1.165, 1.54) is 6.07 Å². The van der Waals surface area contributed by atoms with Crippen LogP contribution in [0.1, 0.15) is 19.3 Å². The Morgan fingerprint density at radius 2 is 2.16 bits per heavy atom. The molecule has 0 bridgehead atoms. The van der Waals surface area contributed by atoms with Crippen LogP contribution in [0.15, 0.2) is 23.1 Å². The highest BCUT2D eigenvalue weighted by atomic mass is 32.2. The Hall–Kier alpha value is -1.18. The van der Waals surface area contributed by atoms with Crippen molar-refractivity contribution in [3.63, 3.8) is 0 Å². The number of halogens is 1. The van der Waals surface area contributed by atoms with Gasteiger partial charge in [0.2, 0.25) is 10.0 Å². The lowest BCUT2D eigenvalue weighted by molar-refractivity contribution is 0.134. The molecule has 0 spiro atoms. The molecule has 0 amide bonds. The fourth-order valence-corrected chi connectivity index (χ4v) is 3.48. The van der Waals surface area contributed by atoms with Crippen LogP contribution in [0.25, 0.3) is 0 Å². The first-order valence-electron chi connectivity index (χ1n) is 6.13. The molecule has 1 aliphatic rings. The monoisotopic (exact) mass is 288 g/mol. The van der Waals surface area contributed by atoms with Gasteiger partial charge in [0.1, 0.15) is 10.7 Å². The number of aliphatic hydroxyl groups excluding tert-OH is 1. The van der Waals surface area contributed by atoms with Gasteiger partial charge in [-0.3, -0.25) is 0 Å². The Kier molecular flexibility index (Phi) is 4.07. The number of nitrogen functional groups attached to an aromatic ring is 1. The van der Waals surface area contributed by atoms with Gasteiger partial charge in [-0.15, -0.1) is 0 Å². The van der Waals surface area contributed by atoms with Crippen molar-refractivity contribution in [2.24, 2.45) is 5.92 Å². The van der Waals surface area contributed by atoms with Crippen molar-refractivity contribution in [3.8, 4) is 0 Å². The molecule has 1 fully saturated rings. The average Bonchev–Trinajstić information content (AvgIpc) is 2.75. The van der Waals surface area contributed by atoms with Crippen molar-refractivity contribution in [1.82, 2.24) is 4.72 Å². The van der Waals surface area contributed by atoms with Crippen molar-refractivity contribution in [2.45, 2.75) is 30.3 Å². The van der Waals surface area contributed by atoms with E-state index in [4.69, 9.17) is 5.73 Å². The van der Waals surface area contributed by atoms with E-state index in [0.717, 1.165) is 25.0 Å². The Morgan fingerprint density at radius 3 is 2.79 bits per heavy atom. The van der Waals surface area contributed by atoms with Crippen molar-refractivity contribution in [3.05, 3.63) is 24.0 Å². The van der Waals surface area contributed by atoms with Crippen LogP contribution in [-0.2, 0) is 10.0 Å². The second-order valence-corrected chi connectivity index (χ2v) is 6.54. The predicted molar refractivity (Wildman–Crippen MR) is 69.3 cm³/mol. The highest BCUT2D eigenvalue weighted by molar-refractivity contribution is 7.89. The van der Waals surface area contributed by atoms with Gasteiger partial charge < -0.3 is 10.8 Å². The molecular formula is C12H17FN2O3S. The number of hydrogen-bond acceptors (Lipinski definition) is 4. The third kappa shape index (κ3) is 3.23. The van der Waals surface area contributed by atoms with Gasteiger partial charge in [-0.05, 0) is 37.0 Å². The molecule has 19 heavy (non-hydrogen) atoms. The largest absolute Gasteiger partial charge is 0.399 e. The molecular weight excluding hydrogens is 271 g/mol. The van der Waals surface area contributed by atoms with Crippen LogP contribution >= 0.6 is 0 Å². The molecule has 1 aromatic carbocycles. The second kappa shape index (κ2) is 5.44. The molecule has 0 aromatic heterocycles. The molecule has 0 heterocycles. The third-order valence-electron chi connectivity index (χ3n) is 3.40. The van der Waals surface area contributed by atoms with Crippen LogP contribution in [0.5, 0.6) is 0 Å². The van der Waals surface area contributed by atoms with Gasteiger partial charge in [0.05, 0.1) is 6.10 Å². The van der Waals surface area contributed by atoms with Crippen molar-refractivity contribution in [1.29, 1.82) is 0 Å². The minimum Gasteiger partial charge on any atom is -0.399 e. The highest BCUT2D eigenvalue weighted by Gasteiger charge is 2.27. The zero-order chi connectivity index (χ0) is 14.0. The molecule has 0 radical (unpaired) electrons. The predicted octanol–water partition coefficient (Wildman–Crippen LogP) is 0.847. The quantitative estimate of drug-likeness (QED) is 0.716. The average molecular weight is 288 g/mol. The number of sulfonamides is 1. The summed E-state index contributed by atoms with van der Waals surface area (Å²) >= 11 is 0. The summed E-state index contributed by atoms with van der Waals surface area (Å²) < 4.78 is 39.8. The first kappa shape index (κ1) is 14.2. The van der Waals surface area contributed by atoms with Gasteiger partial charge in [-0.2, -0.15) is 0 Å². The molecule has 106 valence electrons. The fourth-order valence-electron chi connectivity index (χ4n) is 2.28. The van der Waals surface area contributed by atoms with Crippen molar-refractivity contribution in [2.75, 3.05) is 12.3 Å². The van der Waals surface area contributed by atoms with Crippen molar-refractivity contribution < 1.29 is 17.9 Å². The number of nitrogens with two attached hydrogens (primary N) is 1. The Morgan fingerprint density at radius 1 is 1.42 bits per heavy atom. The number of nitrogens with one attached hydrogen (secondary N) is 1. The lowest BCUT2D eigenvalue weighted by Gasteiger charge is -2.15.